The van der Waals surface area contributed by atoms with Gasteiger partial charge in [-0.1, -0.05) is 11.6 Å². The quantitative estimate of drug-likeness (QED) is 0.729. The molecule has 0 unspecified atom stereocenters. The molecule has 4 N–H and O–H groups in total. The fourth-order valence-corrected chi connectivity index (χ4v) is 1.60. The van der Waals surface area contributed by atoms with Crippen LogP contribution < -0.4 is 11.1 Å². The number of nitrogen functional groups attached to an aromatic ring is 1. The number of hydrogen-bond acceptors (Lipinski definition) is 3. The number of rotatable bonds is 2. The molecule has 0 saturated carbocycles. The van der Waals surface area contributed by atoms with Crippen molar-refractivity contribution >= 4 is 28.9 Å². The van der Waals surface area contributed by atoms with E-state index in [0.29, 0.717) is 22.0 Å². The van der Waals surface area contributed by atoms with Gasteiger partial charge in [0.2, 0.25) is 0 Å². The molecule has 4 nitrogen and oxygen atoms in total. The Hall–Kier alpha value is -2.20. The van der Waals surface area contributed by atoms with Gasteiger partial charge in [-0.25, -0.2) is 0 Å². The molecule has 5 heteroatoms. The molecular weight excluding hydrogens is 252 g/mol. The Kier molecular flexibility index (Phi) is 3.39. The second kappa shape index (κ2) is 4.98. The van der Waals surface area contributed by atoms with Crippen LogP contribution in [-0.2, 0) is 0 Å². The first-order valence-electron chi connectivity index (χ1n) is 5.21. The molecule has 0 aliphatic heterocycles. The summed E-state index contributed by atoms with van der Waals surface area (Å²) in [5, 5.41) is 12.2. The van der Waals surface area contributed by atoms with Crippen LogP contribution in [0.5, 0.6) is 5.75 Å². The van der Waals surface area contributed by atoms with Gasteiger partial charge in [-0.2, -0.15) is 0 Å². The average molecular weight is 263 g/mol. The Labute approximate surface area is 109 Å². The third-order valence-electron chi connectivity index (χ3n) is 2.39. The highest BCUT2D eigenvalue weighted by molar-refractivity contribution is 6.33. The van der Waals surface area contributed by atoms with E-state index in [-0.39, 0.29) is 11.7 Å². The maximum absolute atomic E-state index is 11.9. The lowest BCUT2D eigenvalue weighted by atomic mass is 10.2. The van der Waals surface area contributed by atoms with Crippen LogP contribution in [0.3, 0.4) is 0 Å². The highest BCUT2D eigenvalue weighted by Gasteiger charge is 2.06. The Morgan fingerprint density at radius 2 is 1.83 bits per heavy atom. The number of nitrogens with two attached hydrogens (primary N) is 1. The van der Waals surface area contributed by atoms with E-state index in [0.717, 1.165) is 0 Å². The minimum Gasteiger partial charge on any atom is -0.508 e. The number of carbonyl (C=O) groups is 1. The van der Waals surface area contributed by atoms with E-state index in [1.54, 1.807) is 18.2 Å². The van der Waals surface area contributed by atoms with Crippen molar-refractivity contribution in [2.45, 2.75) is 0 Å². The van der Waals surface area contributed by atoms with Crippen molar-refractivity contribution in [3.8, 4) is 5.75 Å². The molecular formula is C13H11ClN2O2. The summed E-state index contributed by atoms with van der Waals surface area (Å²) in [6.07, 6.45) is 0. The first-order valence-corrected chi connectivity index (χ1v) is 5.59. The number of amides is 1. The lowest BCUT2D eigenvalue weighted by Crippen LogP contribution is -2.11. The van der Waals surface area contributed by atoms with Crippen molar-refractivity contribution in [3.05, 3.63) is 53.1 Å². The molecule has 0 atom stereocenters. The van der Waals surface area contributed by atoms with E-state index in [9.17, 15) is 4.79 Å². The highest BCUT2D eigenvalue weighted by atomic mass is 35.5. The van der Waals surface area contributed by atoms with E-state index in [4.69, 9.17) is 22.4 Å². The summed E-state index contributed by atoms with van der Waals surface area (Å²) in [5.41, 5.74) is 7.04. The molecule has 0 radical (unpaired) electrons. The Morgan fingerprint density at radius 1 is 1.17 bits per heavy atom. The molecule has 18 heavy (non-hydrogen) atoms. The van der Waals surface area contributed by atoms with Crippen LogP contribution >= 0.6 is 11.6 Å². The minimum absolute atomic E-state index is 0.113. The summed E-state index contributed by atoms with van der Waals surface area (Å²) in [5.74, 6) is -0.169. The zero-order valence-electron chi connectivity index (χ0n) is 9.35. The number of benzene rings is 2. The minimum atomic E-state index is -0.282. The van der Waals surface area contributed by atoms with Crippen molar-refractivity contribution in [1.82, 2.24) is 0 Å². The number of aromatic hydroxyl groups is 1. The van der Waals surface area contributed by atoms with Crippen molar-refractivity contribution in [2.75, 3.05) is 11.1 Å². The monoisotopic (exact) mass is 262 g/mol. The maximum Gasteiger partial charge on any atom is 0.255 e. The standard InChI is InChI=1S/C13H11ClN2O2/c14-11-7-9(3-6-12(11)15)16-13(18)8-1-4-10(17)5-2-8/h1-7,17H,15H2,(H,16,18). The van der Waals surface area contributed by atoms with Crippen LogP contribution in [0.2, 0.25) is 5.02 Å². The number of nitrogens with one attached hydrogen (secondary N) is 1. The van der Waals surface area contributed by atoms with Crippen LogP contribution in [0.1, 0.15) is 10.4 Å². The van der Waals surface area contributed by atoms with Crippen LogP contribution in [-0.4, -0.2) is 11.0 Å². The van der Waals surface area contributed by atoms with Gasteiger partial charge < -0.3 is 16.2 Å². The van der Waals surface area contributed by atoms with Gasteiger partial charge in [-0.15, -0.1) is 0 Å². The number of carbonyl (C=O) groups excluding carboxylic acids is 1. The first-order chi connectivity index (χ1) is 8.56. The van der Waals surface area contributed by atoms with Gasteiger partial charge in [0.05, 0.1) is 10.7 Å². The SMILES string of the molecule is Nc1ccc(NC(=O)c2ccc(O)cc2)cc1Cl. The molecule has 0 aliphatic carbocycles. The molecule has 0 aromatic heterocycles. The van der Waals surface area contributed by atoms with E-state index in [2.05, 4.69) is 5.32 Å². The second-order valence-corrected chi connectivity index (χ2v) is 4.14. The largest absolute Gasteiger partial charge is 0.508 e. The van der Waals surface area contributed by atoms with Gasteiger partial charge in [-0.05, 0) is 42.5 Å². The zero-order chi connectivity index (χ0) is 13.1. The van der Waals surface area contributed by atoms with Gasteiger partial charge in [0, 0.05) is 11.3 Å². The van der Waals surface area contributed by atoms with E-state index in [1.165, 1.54) is 24.3 Å². The van der Waals surface area contributed by atoms with E-state index >= 15 is 0 Å². The fourth-order valence-electron chi connectivity index (χ4n) is 1.42. The Balaban J connectivity index is 2.16. The third kappa shape index (κ3) is 2.73. The lowest BCUT2D eigenvalue weighted by Gasteiger charge is -2.06. The van der Waals surface area contributed by atoms with Crippen molar-refractivity contribution in [2.24, 2.45) is 0 Å². The molecule has 92 valence electrons. The highest BCUT2D eigenvalue weighted by Crippen LogP contribution is 2.23. The third-order valence-corrected chi connectivity index (χ3v) is 2.72. The summed E-state index contributed by atoms with van der Waals surface area (Å²) in [6.45, 7) is 0. The summed E-state index contributed by atoms with van der Waals surface area (Å²) in [7, 11) is 0. The molecule has 2 rings (SSSR count). The van der Waals surface area contributed by atoms with Gasteiger partial charge >= 0.3 is 0 Å². The number of anilines is 2. The molecule has 2 aromatic carbocycles. The predicted molar refractivity (Wildman–Crippen MR) is 71.9 cm³/mol. The predicted octanol–water partition coefficient (Wildman–Crippen LogP) is 2.88. The van der Waals surface area contributed by atoms with Gasteiger partial charge in [0.25, 0.3) is 5.91 Å². The average Bonchev–Trinajstić information content (AvgIpc) is 2.34. The normalized spacial score (nSPS) is 10.1. The Morgan fingerprint density at radius 3 is 2.44 bits per heavy atom. The second-order valence-electron chi connectivity index (χ2n) is 3.74. The smallest absolute Gasteiger partial charge is 0.255 e. The van der Waals surface area contributed by atoms with Crippen molar-refractivity contribution < 1.29 is 9.90 Å². The van der Waals surface area contributed by atoms with Crippen LogP contribution in [0, 0.1) is 0 Å². The van der Waals surface area contributed by atoms with Gasteiger partial charge in [0.1, 0.15) is 5.75 Å². The van der Waals surface area contributed by atoms with Gasteiger partial charge in [-0.3, -0.25) is 4.79 Å². The molecule has 1 amide bonds. The summed E-state index contributed by atoms with van der Waals surface area (Å²) in [4.78, 5) is 11.9. The molecule has 0 fully saturated rings. The summed E-state index contributed by atoms with van der Waals surface area (Å²) >= 11 is 5.85. The molecule has 0 saturated heterocycles. The van der Waals surface area contributed by atoms with Crippen molar-refractivity contribution in [1.29, 1.82) is 0 Å². The fraction of sp³-hybridized carbons (Fsp3) is 0. The number of phenolic OH excluding ortho intramolecular Hbond substituents is 1. The molecule has 2 aromatic rings. The summed E-state index contributed by atoms with van der Waals surface area (Å²) < 4.78 is 0. The first kappa shape index (κ1) is 12.3. The maximum atomic E-state index is 11.9. The van der Waals surface area contributed by atoms with Crippen molar-refractivity contribution in [3.63, 3.8) is 0 Å². The molecule has 0 heterocycles. The molecule has 0 aliphatic rings. The Bertz CT molecular complexity index is 582. The van der Waals surface area contributed by atoms with E-state index in [1.807, 2.05) is 0 Å². The van der Waals surface area contributed by atoms with Crippen LogP contribution in [0.4, 0.5) is 11.4 Å². The topological polar surface area (TPSA) is 75.3 Å². The summed E-state index contributed by atoms with van der Waals surface area (Å²) in [6, 6.07) is 10.8. The zero-order valence-corrected chi connectivity index (χ0v) is 10.1. The van der Waals surface area contributed by atoms with Crippen LogP contribution in [0.15, 0.2) is 42.5 Å². The number of halogens is 1. The van der Waals surface area contributed by atoms with Crippen LogP contribution in [0.25, 0.3) is 0 Å². The lowest BCUT2D eigenvalue weighted by molar-refractivity contribution is 0.102. The van der Waals surface area contributed by atoms with Gasteiger partial charge in [0.15, 0.2) is 0 Å². The molecule has 0 spiro atoms. The molecule has 0 bridgehead atoms. The van der Waals surface area contributed by atoms with E-state index < -0.39 is 0 Å². The number of hydrogen-bond donors (Lipinski definition) is 3. The number of phenols is 1.